The van der Waals surface area contributed by atoms with Gasteiger partial charge in [0.05, 0.1) is 0 Å². The van der Waals surface area contributed by atoms with E-state index in [0.29, 0.717) is 12.2 Å². The summed E-state index contributed by atoms with van der Waals surface area (Å²) in [6.45, 7) is 5.45. The molecule has 4 heteroatoms. The molecule has 1 aliphatic rings. The van der Waals surface area contributed by atoms with Gasteiger partial charge in [0.25, 0.3) is 0 Å². The van der Waals surface area contributed by atoms with Crippen LogP contribution in [0.3, 0.4) is 0 Å². The minimum Gasteiger partial charge on any atom is -0.508 e. The number of phenolic OH excluding ortho intramolecular Hbond substituents is 1. The van der Waals surface area contributed by atoms with Gasteiger partial charge < -0.3 is 9.84 Å². The van der Waals surface area contributed by atoms with Crippen LogP contribution in [0, 0.1) is 12.8 Å². The van der Waals surface area contributed by atoms with Gasteiger partial charge in [0.1, 0.15) is 18.1 Å². The van der Waals surface area contributed by atoms with Crippen molar-refractivity contribution >= 4 is 5.78 Å². The Morgan fingerprint density at radius 3 is 2.56 bits per heavy atom. The Bertz CT molecular complexity index is 703. The minimum atomic E-state index is 0.0819. The summed E-state index contributed by atoms with van der Waals surface area (Å²) in [6, 6.07) is 14.7. The maximum Gasteiger partial charge on any atom is 0.166 e. The number of phenols is 1. The zero-order valence-corrected chi connectivity index (χ0v) is 14.6. The SMILES string of the molecule is Cc1cccc(OCCN2CCC(C(=O)c3ccc(O)cc3)CC2)c1. The number of ether oxygens (including phenoxy) is 1. The summed E-state index contributed by atoms with van der Waals surface area (Å²) in [6.07, 6.45) is 1.76. The lowest BCUT2D eigenvalue weighted by atomic mass is 9.89. The van der Waals surface area contributed by atoms with E-state index in [1.54, 1.807) is 24.3 Å². The third-order valence-electron chi connectivity index (χ3n) is 4.78. The highest BCUT2D eigenvalue weighted by atomic mass is 16.5. The van der Waals surface area contributed by atoms with Crippen molar-refractivity contribution in [2.75, 3.05) is 26.2 Å². The molecule has 0 saturated carbocycles. The molecule has 132 valence electrons. The van der Waals surface area contributed by atoms with Gasteiger partial charge in [-0.3, -0.25) is 9.69 Å². The average molecular weight is 339 g/mol. The van der Waals surface area contributed by atoms with E-state index in [1.807, 2.05) is 18.2 Å². The highest BCUT2D eigenvalue weighted by Gasteiger charge is 2.25. The van der Waals surface area contributed by atoms with Crippen molar-refractivity contribution < 1.29 is 14.6 Å². The van der Waals surface area contributed by atoms with Crippen molar-refractivity contribution in [3.8, 4) is 11.5 Å². The Balaban J connectivity index is 1.42. The molecule has 1 fully saturated rings. The Morgan fingerprint density at radius 2 is 1.88 bits per heavy atom. The topological polar surface area (TPSA) is 49.8 Å². The van der Waals surface area contributed by atoms with E-state index in [-0.39, 0.29) is 17.5 Å². The molecule has 2 aromatic rings. The van der Waals surface area contributed by atoms with Crippen LogP contribution in [0.4, 0.5) is 0 Å². The van der Waals surface area contributed by atoms with Crippen LogP contribution in [0.1, 0.15) is 28.8 Å². The molecule has 3 rings (SSSR count). The Hall–Kier alpha value is -2.33. The van der Waals surface area contributed by atoms with Crippen LogP contribution >= 0.6 is 0 Å². The van der Waals surface area contributed by atoms with Gasteiger partial charge in [-0.2, -0.15) is 0 Å². The number of piperidine rings is 1. The third kappa shape index (κ3) is 4.83. The molecule has 4 nitrogen and oxygen atoms in total. The van der Waals surface area contributed by atoms with Crippen molar-refractivity contribution in [1.82, 2.24) is 4.90 Å². The molecule has 1 aliphatic heterocycles. The predicted molar refractivity (Wildman–Crippen MR) is 98.3 cm³/mol. The maximum atomic E-state index is 12.5. The normalized spacial score (nSPS) is 15.9. The number of hydrogen-bond acceptors (Lipinski definition) is 4. The molecule has 0 aromatic heterocycles. The minimum absolute atomic E-state index is 0.0819. The number of likely N-dealkylation sites (tertiary alicyclic amines) is 1. The molecule has 0 aliphatic carbocycles. The van der Waals surface area contributed by atoms with Gasteiger partial charge in [-0.15, -0.1) is 0 Å². The van der Waals surface area contributed by atoms with Crippen molar-refractivity contribution in [3.05, 3.63) is 59.7 Å². The molecular formula is C21H25NO3. The summed E-state index contributed by atoms with van der Waals surface area (Å²) < 4.78 is 5.81. The number of Topliss-reactive ketones (excluding diaryl/α,β-unsaturated/α-hetero) is 1. The second-order valence-electron chi connectivity index (χ2n) is 6.69. The molecule has 0 amide bonds. The first kappa shape index (κ1) is 17.5. The van der Waals surface area contributed by atoms with Gasteiger partial charge >= 0.3 is 0 Å². The molecule has 0 radical (unpaired) electrons. The number of carbonyl (C=O) groups is 1. The number of benzene rings is 2. The van der Waals surface area contributed by atoms with E-state index in [0.717, 1.165) is 38.2 Å². The zero-order chi connectivity index (χ0) is 17.6. The Labute approximate surface area is 149 Å². The monoisotopic (exact) mass is 339 g/mol. The lowest BCUT2D eigenvalue weighted by molar-refractivity contribution is 0.0827. The second-order valence-corrected chi connectivity index (χ2v) is 6.69. The molecule has 1 N–H and O–H groups in total. The van der Waals surface area contributed by atoms with Gasteiger partial charge in [-0.05, 0) is 74.8 Å². The molecule has 0 unspecified atom stereocenters. The van der Waals surface area contributed by atoms with Gasteiger partial charge in [0.15, 0.2) is 5.78 Å². The first-order chi connectivity index (χ1) is 12.1. The summed E-state index contributed by atoms with van der Waals surface area (Å²) in [5.41, 5.74) is 1.89. The van der Waals surface area contributed by atoms with E-state index >= 15 is 0 Å². The quantitative estimate of drug-likeness (QED) is 0.816. The maximum absolute atomic E-state index is 12.5. The lowest BCUT2D eigenvalue weighted by Gasteiger charge is -2.31. The van der Waals surface area contributed by atoms with Crippen molar-refractivity contribution in [3.63, 3.8) is 0 Å². The van der Waals surface area contributed by atoms with Crippen LogP contribution in [0.2, 0.25) is 0 Å². The summed E-state index contributed by atoms with van der Waals surface area (Å²) in [4.78, 5) is 14.9. The molecular weight excluding hydrogens is 314 g/mol. The first-order valence-corrected chi connectivity index (χ1v) is 8.87. The smallest absolute Gasteiger partial charge is 0.166 e. The Kier molecular flexibility index (Phi) is 5.71. The van der Waals surface area contributed by atoms with E-state index < -0.39 is 0 Å². The number of hydrogen-bond donors (Lipinski definition) is 1. The fraction of sp³-hybridized carbons (Fsp3) is 0.381. The molecule has 0 bridgehead atoms. The number of ketones is 1. The van der Waals surface area contributed by atoms with Crippen LogP contribution in [0.5, 0.6) is 11.5 Å². The van der Waals surface area contributed by atoms with E-state index in [9.17, 15) is 9.90 Å². The van der Waals surface area contributed by atoms with Crippen LogP contribution in [0.15, 0.2) is 48.5 Å². The fourth-order valence-electron chi connectivity index (χ4n) is 3.28. The van der Waals surface area contributed by atoms with Crippen LogP contribution in [0.25, 0.3) is 0 Å². The van der Waals surface area contributed by atoms with E-state index in [4.69, 9.17) is 4.74 Å². The highest BCUT2D eigenvalue weighted by molar-refractivity contribution is 5.98. The molecule has 1 saturated heterocycles. The third-order valence-corrected chi connectivity index (χ3v) is 4.78. The number of nitrogens with zero attached hydrogens (tertiary/aromatic N) is 1. The molecule has 0 spiro atoms. The van der Waals surface area contributed by atoms with Crippen molar-refractivity contribution in [1.29, 1.82) is 0 Å². The van der Waals surface area contributed by atoms with Crippen LogP contribution < -0.4 is 4.74 Å². The first-order valence-electron chi connectivity index (χ1n) is 8.87. The van der Waals surface area contributed by atoms with Crippen LogP contribution in [-0.2, 0) is 0 Å². The standard InChI is InChI=1S/C21H25NO3/c1-16-3-2-4-20(15-16)25-14-13-22-11-9-18(10-12-22)21(24)17-5-7-19(23)8-6-17/h2-8,15,18,23H,9-14H2,1H3. The highest BCUT2D eigenvalue weighted by Crippen LogP contribution is 2.23. The number of rotatable bonds is 6. The summed E-state index contributed by atoms with van der Waals surface area (Å²) >= 11 is 0. The largest absolute Gasteiger partial charge is 0.508 e. The summed E-state index contributed by atoms with van der Waals surface area (Å²) in [5, 5.41) is 9.33. The van der Waals surface area contributed by atoms with Crippen molar-refractivity contribution in [2.45, 2.75) is 19.8 Å². The number of aromatic hydroxyl groups is 1. The molecule has 0 atom stereocenters. The molecule has 2 aromatic carbocycles. The summed E-state index contributed by atoms with van der Waals surface area (Å²) in [7, 11) is 0. The Morgan fingerprint density at radius 1 is 1.16 bits per heavy atom. The van der Waals surface area contributed by atoms with Gasteiger partial charge in [-0.1, -0.05) is 12.1 Å². The van der Waals surface area contributed by atoms with Gasteiger partial charge in [0, 0.05) is 18.0 Å². The predicted octanol–water partition coefficient (Wildman–Crippen LogP) is 3.67. The zero-order valence-electron chi connectivity index (χ0n) is 14.6. The van der Waals surface area contributed by atoms with Gasteiger partial charge in [-0.25, -0.2) is 0 Å². The van der Waals surface area contributed by atoms with E-state index in [1.165, 1.54) is 5.56 Å². The second kappa shape index (κ2) is 8.17. The molecule has 1 heterocycles. The van der Waals surface area contributed by atoms with Crippen molar-refractivity contribution in [2.24, 2.45) is 5.92 Å². The van der Waals surface area contributed by atoms with Crippen LogP contribution in [-0.4, -0.2) is 42.0 Å². The average Bonchev–Trinajstić information content (AvgIpc) is 2.62. The number of aryl methyl sites for hydroxylation is 1. The van der Waals surface area contributed by atoms with E-state index in [2.05, 4.69) is 17.9 Å². The fourth-order valence-corrected chi connectivity index (χ4v) is 3.28. The summed E-state index contributed by atoms with van der Waals surface area (Å²) in [5.74, 6) is 1.38. The lowest BCUT2D eigenvalue weighted by Crippen LogP contribution is -2.38. The molecule has 25 heavy (non-hydrogen) atoms. The van der Waals surface area contributed by atoms with Gasteiger partial charge in [0.2, 0.25) is 0 Å². The number of carbonyl (C=O) groups excluding carboxylic acids is 1.